The number of aliphatic hydroxyl groups excluding tert-OH is 1. The van der Waals surface area contributed by atoms with Crippen LogP contribution in [0.2, 0.25) is 5.02 Å². The van der Waals surface area contributed by atoms with Gasteiger partial charge in [0.25, 0.3) is 5.91 Å². The number of aliphatic hydroxyl groups is 1. The van der Waals surface area contributed by atoms with Crippen LogP contribution in [0.1, 0.15) is 18.5 Å². The van der Waals surface area contributed by atoms with Crippen LogP contribution in [-0.2, 0) is 9.59 Å². The summed E-state index contributed by atoms with van der Waals surface area (Å²) in [5.74, 6) is -1.32. The molecule has 5 heteroatoms. The molecule has 1 aliphatic heterocycles. The van der Waals surface area contributed by atoms with E-state index in [2.05, 4.69) is 0 Å². The van der Waals surface area contributed by atoms with Crippen LogP contribution in [0.25, 0.3) is 0 Å². The molecule has 1 unspecified atom stereocenters. The van der Waals surface area contributed by atoms with Gasteiger partial charge in [-0.05, 0) is 24.6 Å². The summed E-state index contributed by atoms with van der Waals surface area (Å²) in [5.41, 5.74) is 0.870. The van der Waals surface area contributed by atoms with Crippen LogP contribution in [0.5, 0.6) is 0 Å². The van der Waals surface area contributed by atoms with Crippen molar-refractivity contribution in [3.05, 3.63) is 46.2 Å². The number of likely N-dealkylation sites (N-methyl/N-ethyl adjacent to an activating group) is 1. The molecule has 0 radical (unpaired) electrons. The number of rotatable bonds is 2. The van der Waals surface area contributed by atoms with Gasteiger partial charge in [0, 0.05) is 12.1 Å². The minimum atomic E-state index is -0.549. The zero-order valence-electron chi connectivity index (χ0n) is 9.98. The number of nitrogens with zero attached hydrogens (tertiary/aromatic N) is 1. The third-order valence-electron chi connectivity index (χ3n) is 3.00. The third kappa shape index (κ3) is 1.88. The van der Waals surface area contributed by atoms with Gasteiger partial charge in [-0.15, -0.1) is 0 Å². The molecule has 0 spiro atoms. The molecule has 0 saturated carbocycles. The molecule has 2 rings (SSSR count). The number of hydrogen-bond donors (Lipinski definition) is 1. The fourth-order valence-corrected chi connectivity index (χ4v) is 2.24. The van der Waals surface area contributed by atoms with Crippen molar-refractivity contribution in [1.29, 1.82) is 0 Å². The van der Waals surface area contributed by atoms with Crippen molar-refractivity contribution in [2.24, 2.45) is 0 Å². The van der Waals surface area contributed by atoms with Crippen molar-refractivity contribution in [2.75, 3.05) is 7.05 Å². The number of carbonyl (C=O) groups excluding carboxylic acids is 2. The Kier molecular flexibility index (Phi) is 3.13. The van der Waals surface area contributed by atoms with Crippen LogP contribution in [0, 0.1) is 0 Å². The van der Waals surface area contributed by atoms with Crippen molar-refractivity contribution < 1.29 is 14.7 Å². The maximum atomic E-state index is 11.7. The number of Topliss-reactive ketones (excluding diaryl/α,β-unsaturated/α-hetero) is 1. The van der Waals surface area contributed by atoms with Crippen LogP contribution in [0.3, 0.4) is 0 Å². The van der Waals surface area contributed by atoms with Gasteiger partial charge in [0.1, 0.15) is 0 Å². The fraction of sp³-hybridized carbons (Fsp3) is 0.231. The molecule has 1 amide bonds. The molecule has 1 aromatic carbocycles. The topological polar surface area (TPSA) is 57.6 Å². The molecule has 1 aromatic rings. The molecule has 0 bridgehead atoms. The third-order valence-corrected chi connectivity index (χ3v) is 3.26. The minimum absolute atomic E-state index is 0.129. The Morgan fingerprint density at radius 3 is 2.39 bits per heavy atom. The highest BCUT2D eigenvalue weighted by atomic mass is 35.5. The van der Waals surface area contributed by atoms with Gasteiger partial charge in [0.05, 0.1) is 11.6 Å². The Hall–Kier alpha value is -1.81. The SMILES string of the molecule is CC(=O)C1=C(O)C(=O)N(C)C1c1ccc(Cl)cc1. The van der Waals surface area contributed by atoms with Crippen LogP contribution < -0.4 is 0 Å². The Morgan fingerprint density at radius 2 is 1.89 bits per heavy atom. The Balaban J connectivity index is 2.52. The van der Waals surface area contributed by atoms with Gasteiger partial charge in [-0.1, -0.05) is 23.7 Å². The van der Waals surface area contributed by atoms with Crippen molar-refractivity contribution in [3.63, 3.8) is 0 Å². The van der Waals surface area contributed by atoms with Crippen molar-refractivity contribution in [1.82, 2.24) is 4.90 Å². The number of ketones is 1. The second-order valence-corrected chi connectivity index (χ2v) is 4.63. The molecule has 1 atom stereocenters. The highest BCUT2D eigenvalue weighted by Crippen LogP contribution is 2.36. The minimum Gasteiger partial charge on any atom is -0.503 e. The highest BCUT2D eigenvalue weighted by Gasteiger charge is 2.40. The molecule has 18 heavy (non-hydrogen) atoms. The summed E-state index contributed by atoms with van der Waals surface area (Å²) in [6.45, 7) is 1.33. The van der Waals surface area contributed by atoms with Crippen LogP contribution in [0.15, 0.2) is 35.6 Å². The summed E-state index contributed by atoms with van der Waals surface area (Å²) in [4.78, 5) is 24.6. The van der Waals surface area contributed by atoms with Gasteiger partial charge < -0.3 is 10.0 Å². The van der Waals surface area contributed by atoms with Gasteiger partial charge in [-0.25, -0.2) is 0 Å². The highest BCUT2D eigenvalue weighted by molar-refractivity contribution is 6.30. The predicted octanol–water partition coefficient (Wildman–Crippen LogP) is 2.25. The van der Waals surface area contributed by atoms with E-state index >= 15 is 0 Å². The van der Waals surface area contributed by atoms with Gasteiger partial charge >= 0.3 is 0 Å². The second-order valence-electron chi connectivity index (χ2n) is 4.19. The lowest BCUT2D eigenvalue weighted by Crippen LogP contribution is -2.26. The molecule has 1 heterocycles. The average molecular weight is 266 g/mol. The second kappa shape index (κ2) is 4.46. The molecule has 0 aliphatic carbocycles. The molecule has 0 aromatic heterocycles. The zero-order valence-corrected chi connectivity index (χ0v) is 10.7. The van der Waals surface area contributed by atoms with Gasteiger partial charge in [-0.2, -0.15) is 0 Å². The summed E-state index contributed by atoms with van der Waals surface area (Å²) >= 11 is 5.80. The molecule has 1 N–H and O–H groups in total. The van der Waals surface area contributed by atoms with Crippen molar-refractivity contribution in [3.8, 4) is 0 Å². The summed E-state index contributed by atoms with van der Waals surface area (Å²) in [5, 5.41) is 10.3. The molecule has 0 fully saturated rings. The van der Waals surface area contributed by atoms with Crippen LogP contribution in [0.4, 0.5) is 0 Å². The summed E-state index contributed by atoms with van der Waals surface area (Å²) in [7, 11) is 1.55. The summed E-state index contributed by atoms with van der Waals surface area (Å²) < 4.78 is 0. The number of benzene rings is 1. The first-order chi connectivity index (χ1) is 8.43. The average Bonchev–Trinajstić information content (AvgIpc) is 2.55. The summed E-state index contributed by atoms with van der Waals surface area (Å²) in [6.07, 6.45) is 0. The molecular weight excluding hydrogens is 254 g/mol. The van der Waals surface area contributed by atoms with E-state index in [9.17, 15) is 14.7 Å². The number of carbonyl (C=O) groups is 2. The van der Waals surface area contributed by atoms with E-state index in [1.165, 1.54) is 11.8 Å². The van der Waals surface area contributed by atoms with E-state index in [0.717, 1.165) is 5.56 Å². The van der Waals surface area contributed by atoms with Crippen molar-refractivity contribution >= 4 is 23.3 Å². The molecule has 1 aliphatic rings. The lowest BCUT2D eigenvalue weighted by atomic mass is 9.97. The first kappa shape index (κ1) is 12.6. The molecule has 94 valence electrons. The Labute approximate surface area is 109 Å². The molecular formula is C13H12ClNO3. The summed E-state index contributed by atoms with van der Waals surface area (Å²) in [6, 6.07) is 6.29. The van der Waals surface area contributed by atoms with Gasteiger partial charge in [0.2, 0.25) is 0 Å². The monoisotopic (exact) mass is 265 g/mol. The Bertz CT molecular complexity index is 548. The zero-order chi connectivity index (χ0) is 13.4. The van der Waals surface area contributed by atoms with E-state index in [1.807, 2.05) is 0 Å². The van der Waals surface area contributed by atoms with E-state index in [-0.39, 0.29) is 11.4 Å². The van der Waals surface area contributed by atoms with E-state index in [4.69, 9.17) is 11.6 Å². The number of halogens is 1. The predicted molar refractivity (Wildman–Crippen MR) is 67.3 cm³/mol. The van der Waals surface area contributed by atoms with Gasteiger partial charge in [-0.3, -0.25) is 9.59 Å². The van der Waals surface area contributed by atoms with Crippen molar-refractivity contribution in [2.45, 2.75) is 13.0 Å². The van der Waals surface area contributed by atoms with E-state index in [0.29, 0.717) is 5.02 Å². The first-order valence-corrected chi connectivity index (χ1v) is 5.78. The lowest BCUT2D eigenvalue weighted by molar-refractivity contribution is -0.128. The lowest BCUT2D eigenvalue weighted by Gasteiger charge is -2.22. The van der Waals surface area contributed by atoms with Crippen LogP contribution in [-0.4, -0.2) is 28.7 Å². The first-order valence-electron chi connectivity index (χ1n) is 5.40. The molecule has 4 nitrogen and oxygen atoms in total. The largest absolute Gasteiger partial charge is 0.503 e. The fourth-order valence-electron chi connectivity index (χ4n) is 2.12. The van der Waals surface area contributed by atoms with Crippen LogP contribution >= 0.6 is 11.6 Å². The van der Waals surface area contributed by atoms with Gasteiger partial charge in [0.15, 0.2) is 11.5 Å². The number of hydrogen-bond acceptors (Lipinski definition) is 3. The maximum absolute atomic E-state index is 11.7. The normalized spacial score (nSPS) is 19.6. The van der Waals surface area contributed by atoms with E-state index in [1.54, 1.807) is 31.3 Å². The molecule has 0 saturated heterocycles. The standard InChI is InChI=1S/C13H12ClNO3/c1-7(16)10-11(15(2)13(18)12(10)17)8-3-5-9(14)6-4-8/h3-6,11,17H,1-2H3. The smallest absolute Gasteiger partial charge is 0.289 e. The quantitative estimate of drug-likeness (QED) is 0.892. The Morgan fingerprint density at radius 1 is 1.33 bits per heavy atom. The maximum Gasteiger partial charge on any atom is 0.289 e. The van der Waals surface area contributed by atoms with E-state index < -0.39 is 17.7 Å². The number of amides is 1.